The van der Waals surface area contributed by atoms with E-state index in [-0.39, 0.29) is 23.6 Å². The van der Waals surface area contributed by atoms with Crippen LogP contribution in [0.25, 0.3) is 5.69 Å². The quantitative estimate of drug-likeness (QED) is 0.597. The number of para-hydroxylation sites is 1. The number of carbonyl (C=O) groups excluding carboxylic acids is 1. The number of carbonyl (C=O) groups is 1. The lowest BCUT2D eigenvalue weighted by atomic mass is 10.2. The van der Waals surface area contributed by atoms with Gasteiger partial charge >= 0.3 is 6.09 Å². The van der Waals surface area contributed by atoms with Crippen LogP contribution in [0.4, 0.5) is 4.79 Å². The lowest BCUT2D eigenvalue weighted by molar-refractivity contribution is 0.0384. The van der Waals surface area contributed by atoms with Gasteiger partial charge in [-0.1, -0.05) is 39.0 Å². The minimum atomic E-state index is -2.01. The minimum absolute atomic E-state index is 0.0618. The van der Waals surface area contributed by atoms with E-state index in [9.17, 15) is 4.79 Å². The first-order chi connectivity index (χ1) is 14.0. The van der Waals surface area contributed by atoms with E-state index in [4.69, 9.17) is 24.4 Å². The van der Waals surface area contributed by atoms with E-state index in [0.717, 1.165) is 5.69 Å². The molecule has 30 heavy (non-hydrogen) atoms. The van der Waals surface area contributed by atoms with Crippen LogP contribution in [-0.2, 0) is 9.16 Å². The normalized spacial score (nSPS) is 13.2. The second-order valence-corrected chi connectivity index (χ2v) is 13.4. The summed E-state index contributed by atoms with van der Waals surface area (Å²) in [5.74, 6) is 0.562. The summed E-state index contributed by atoms with van der Waals surface area (Å²) in [6.45, 7) is 13.3. The molecule has 1 aromatic heterocycles. The number of rotatable bonds is 9. The Balaban J connectivity index is 2.26. The van der Waals surface area contributed by atoms with Crippen LogP contribution in [0.3, 0.4) is 0 Å². The molecule has 1 aromatic carbocycles. The second kappa shape index (κ2) is 9.63. The Hall–Kier alpha value is -2.36. The zero-order valence-corrected chi connectivity index (χ0v) is 19.9. The van der Waals surface area contributed by atoms with Crippen LogP contribution in [0.1, 0.15) is 26.3 Å². The maximum atomic E-state index is 11.4. The number of nitrogens with two attached hydrogens (primary N) is 1. The van der Waals surface area contributed by atoms with Gasteiger partial charge in [0.2, 0.25) is 11.8 Å². The highest BCUT2D eigenvalue weighted by Gasteiger charge is 2.39. The lowest BCUT2D eigenvalue weighted by Crippen LogP contribution is -2.46. The molecule has 1 unspecified atom stereocenters. The Labute approximate surface area is 179 Å². The highest BCUT2D eigenvalue weighted by Crippen LogP contribution is 2.37. The van der Waals surface area contributed by atoms with Crippen LogP contribution in [-0.4, -0.2) is 50.6 Å². The van der Waals surface area contributed by atoms with E-state index < -0.39 is 14.4 Å². The molecule has 1 amide bonds. The van der Waals surface area contributed by atoms with Crippen LogP contribution >= 0.6 is 0 Å². The Kier molecular flexibility index (Phi) is 7.68. The third-order valence-corrected chi connectivity index (χ3v) is 9.78. The van der Waals surface area contributed by atoms with E-state index in [1.807, 2.05) is 30.3 Å². The molecule has 166 valence electrons. The molecule has 9 heteroatoms. The van der Waals surface area contributed by atoms with Crippen molar-refractivity contribution in [3.63, 3.8) is 0 Å². The number of benzene rings is 1. The molecule has 1 atom stereocenters. The molecule has 2 rings (SSSR count). The summed E-state index contributed by atoms with van der Waals surface area (Å²) in [6, 6.07) is 9.31. The predicted molar refractivity (Wildman–Crippen MR) is 118 cm³/mol. The topological polar surface area (TPSA) is 97.8 Å². The van der Waals surface area contributed by atoms with Crippen molar-refractivity contribution in [3.8, 4) is 17.4 Å². The van der Waals surface area contributed by atoms with Gasteiger partial charge in [-0.25, -0.2) is 4.79 Å². The Morgan fingerprint density at radius 3 is 2.37 bits per heavy atom. The Morgan fingerprint density at radius 2 is 1.83 bits per heavy atom. The Morgan fingerprint density at radius 1 is 1.20 bits per heavy atom. The van der Waals surface area contributed by atoms with Crippen molar-refractivity contribution in [1.82, 2.24) is 9.78 Å². The van der Waals surface area contributed by atoms with E-state index in [2.05, 4.69) is 39.0 Å². The molecule has 2 aromatic rings. The van der Waals surface area contributed by atoms with Crippen LogP contribution in [0.5, 0.6) is 11.8 Å². The number of amides is 1. The maximum Gasteiger partial charge on any atom is 0.411 e. The average molecular weight is 436 g/mol. The third kappa shape index (κ3) is 5.84. The van der Waals surface area contributed by atoms with Gasteiger partial charge in [-0.15, -0.1) is 5.10 Å². The molecule has 0 aliphatic heterocycles. The number of ether oxygens (including phenoxy) is 3. The van der Waals surface area contributed by atoms with Crippen molar-refractivity contribution < 1.29 is 23.4 Å². The smallest absolute Gasteiger partial charge is 0.411 e. The fourth-order valence-electron chi connectivity index (χ4n) is 2.63. The van der Waals surface area contributed by atoms with Crippen LogP contribution in [0.15, 0.2) is 30.3 Å². The van der Waals surface area contributed by atoms with Gasteiger partial charge in [0.15, 0.2) is 8.32 Å². The zero-order chi connectivity index (χ0) is 22.5. The summed E-state index contributed by atoms with van der Waals surface area (Å²) in [5.41, 5.74) is 6.54. The van der Waals surface area contributed by atoms with Crippen molar-refractivity contribution in [3.05, 3.63) is 35.9 Å². The molecule has 0 spiro atoms. The summed E-state index contributed by atoms with van der Waals surface area (Å²) in [6.07, 6.45) is -1.17. The van der Waals surface area contributed by atoms with Crippen LogP contribution in [0.2, 0.25) is 18.1 Å². The molecule has 0 saturated heterocycles. The summed E-state index contributed by atoms with van der Waals surface area (Å²) < 4.78 is 24.5. The van der Waals surface area contributed by atoms with Crippen molar-refractivity contribution in [2.24, 2.45) is 5.73 Å². The lowest BCUT2D eigenvalue weighted by Gasteiger charge is -2.39. The molecule has 0 aliphatic carbocycles. The maximum absolute atomic E-state index is 11.4. The third-order valence-electron chi connectivity index (χ3n) is 5.25. The molecule has 0 bridgehead atoms. The van der Waals surface area contributed by atoms with Gasteiger partial charge in [0, 0.05) is 7.11 Å². The fourth-order valence-corrected chi connectivity index (χ4v) is 3.95. The molecule has 8 nitrogen and oxygen atoms in total. The van der Waals surface area contributed by atoms with Crippen molar-refractivity contribution >= 4 is 14.4 Å². The van der Waals surface area contributed by atoms with Gasteiger partial charge in [-0.05, 0) is 37.2 Å². The van der Waals surface area contributed by atoms with Gasteiger partial charge in [0.25, 0.3) is 0 Å². The molecule has 0 saturated carbocycles. The summed E-state index contributed by atoms with van der Waals surface area (Å²) >= 11 is 0. The van der Waals surface area contributed by atoms with Gasteiger partial charge in [-0.2, -0.15) is 4.68 Å². The van der Waals surface area contributed by atoms with Crippen LogP contribution < -0.4 is 15.2 Å². The SMILES string of the molecule is COCC(COc1nn(-c2ccccc2)c(OC(N)=O)c1C)O[Si](C)(C)C(C)(C)C. The van der Waals surface area contributed by atoms with Gasteiger partial charge in [0.1, 0.15) is 12.7 Å². The molecular weight excluding hydrogens is 402 g/mol. The van der Waals surface area contributed by atoms with E-state index >= 15 is 0 Å². The van der Waals surface area contributed by atoms with Crippen molar-refractivity contribution in [1.29, 1.82) is 0 Å². The van der Waals surface area contributed by atoms with Crippen molar-refractivity contribution in [2.75, 3.05) is 20.3 Å². The summed E-state index contributed by atoms with van der Waals surface area (Å²) in [7, 11) is -0.374. The van der Waals surface area contributed by atoms with Gasteiger partial charge in [0.05, 0.1) is 17.9 Å². The zero-order valence-electron chi connectivity index (χ0n) is 18.9. The highest BCUT2D eigenvalue weighted by molar-refractivity contribution is 6.74. The van der Waals surface area contributed by atoms with Crippen molar-refractivity contribution in [2.45, 2.75) is 51.9 Å². The molecule has 0 fully saturated rings. The Bertz CT molecular complexity index is 846. The first-order valence-electron chi connectivity index (χ1n) is 9.88. The molecule has 0 radical (unpaired) electrons. The van der Waals surface area contributed by atoms with E-state index in [1.54, 1.807) is 14.0 Å². The number of methoxy groups -OCH3 is 1. The average Bonchev–Trinajstić information content (AvgIpc) is 2.95. The number of nitrogens with zero attached hydrogens (tertiary/aromatic N) is 2. The number of primary amides is 1. The molecule has 0 aliphatic rings. The molecule has 2 N–H and O–H groups in total. The fraction of sp³-hybridized carbons (Fsp3) is 0.524. The first-order valence-corrected chi connectivity index (χ1v) is 12.8. The summed E-state index contributed by atoms with van der Waals surface area (Å²) in [5, 5.41) is 4.55. The largest absolute Gasteiger partial charge is 0.474 e. The van der Waals surface area contributed by atoms with Gasteiger partial charge < -0.3 is 24.4 Å². The minimum Gasteiger partial charge on any atom is -0.474 e. The standard InChI is InChI=1S/C21H33N3O5Si/c1-15-18(27-14-17(13-26-5)29-30(6,7)21(2,3)4)23-24(19(15)28-20(22)25)16-11-9-8-10-12-16/h8-12,17H,13-14H2,1-7H3,(H2,22,25). The van der Waals surface area contributed by atoms with Crippen LogP contribution in [0, 0.1) is 6.92 Å². The van der Waals surface area contributed by atoms with Gasteiger partial charge in [-0.3, -0.25) is 0 Å². The summed E-state index contributed by atoms with van der Waals surface area (Å²) in [4.78, 5) is 11.4. The highest BCUT2D eigenvalue weighted by atomic mass is 28.4. The monoisotopic (exact) mass is 435 g/mol. The van der Waals surface area contributed by atoms with E-state index in [1.165, 1.54) is 4.68 Å². The number of aromatic nitrogens is 2. The number of hydrogen-bond donors (Lipinski definition) is 1. The second-order valence-electron chi connectivity index (χ2n) is 8.67. The first kappa shape index (κ1) is 23.9. The molecular formula is C21H33N3O5Si. The van der Waals surface area contributed by atoms with E-state index in [0.29, 0.717) is 18.1 Å². The predicted octanol–water partition coefficient (Wildman–Crippen LogP) is 4.05. The number of hydrogen-bond acceptors (Lipinski definition) is 6. The molecule has 1 heterocycles.